The second kappa shape index (κ2) is 6.48. The molecule has 5 nitrogen and oxygen atoms in total. The highest BCUT2D eigenvalue weighted by Gasteiger charge is 2.32. The van der Waals surface area contributed by atoms with Crippen molar-refractivity contribution in [3.63, 3.8) is 0 Å². The van der Waals surface area contributed by atoms with E-state index in [2.05, 4.69) is 0 Å². The van der Waals surface area contributed by atoms with Gasteiger partial charge in [-0.25, -0.2) is 4.31 Å². The van der Waals surface area contributed by atoms with Crippen LogP contribution >= 0.6 is 0 Å². The fourth-order valence-electron chi connectivity index (χ4n) is 2.44. The van der Waals surface area contributed by atoms with Gasteiger partial charge in [0.05, 0.1) is 24.6 Å². The molecule has 6 heteroatoms. The Kier molecular flexibility index (Phi) is 4.42. The Hall–Kier alpha value is -1.89. The van der Waals surface area contributed by atoms with Crippen molar-refractivity contribution in [3.8, 4) is 0 Å². The summed E-state index contributed by atoms with van der Waals surface area (Å²) < 4.78 is 34.3. The van der Waals surface area contributed by atoms with Gasteiger partial charge in [-0.3, -0.25) is 0 Å². The topological polar surface area (TPSA) is 49.9 Å². The van der Waals surface area contributed by atoms with Crippen molar-refractivity contribution < 1.29 is 13.2 Å². The van der Waals surface area contributed by atoms with Crippen LogP contribution in [0.4, 0.5) is 11.4 Å². The van der Waals surface area contributed by atoms with E-state index in [-0.39, 0.29) is 0 Å². The third-order valence-corrected chi connectivity index (χ3v) is 5.41. The fraction of sp³-hybridized carbons (Fsp3) is 0.250. The zero-order valence-corrected chi connectivity index (χ0v) is 12.9. The van der Waals surface area contributed by atoms with Gasteiger partial charge < -0.3 is 4.74 Å². The van der Waals surface area contributed by atoms with Gasteiger partial charge in [0.1, 0.15) is 0 Å². The van der Waals surface area contributed by atoms with Gasteiger partial charge >= 0.3 is 10.2 Å². The van der Waals surface area contributed by atoms with E-state index in [4.69, 9.17) is 4.74 Å². The van der Waals surface area contributed by atoms with Crippen LogP contribution in [0.3, 0.4) is 0 Å². The summed E-state index contributed by atoms with van der Waals surface area (Å²) in [7, 11) is -3.64. The lowest BCUT2D eigenvalue weighted by Gasteiger charge is -2.33. The summed E-state index contributed by atoms with van der Waals surface area (Å²) in [6.07, 6.45) is 0. The van der Waals surface area contributed by atoms with Gasteiger partial charge in [-0.15, -0.1) is 0 Å². The van der Waals surface area contributed by atoms with E-state index in [1.807, 2.05) is 36.4 Å². The Morgan fingerprint density at radius 1 is 0.818 bits per heavy atom. The Morgan fingerprint density at radius 3 is 1.73 bits per heavy atom. The summed E-state index contributed by atoms with van der Waals surface area (Å²) in [6.45, 7) is 1.60. The number of anilines is 2. The smallest absolute Gasteiger partial charge is 0.308 e. The minimum atomic E-state index is -3.64. The van der Waals surface area contributed by atoms with Crippen molar-refractivity contribution in [2.45, 2.75) is 0 Å². The molecule has 1 heterocycles. The molecule has 0 amide bonds. The van der Waals surface area contributed by atoms with E-state index in [9.17, 15) is 8.42 Å². The SMILES string of the molecule is O=S(=O)(N1CCOCC1)N(c1ccccc1)c1ccccc1. The first kappa shape index (κ1) is 15.0. The molecule has 0 saturated carbocycles. The van der Waals surface area contributed by atoms with Crippen molar-refractivity contribution >= 4 is 21.6 Å². The lowest BCUT2D eigenvalue weighted by Crippen LogP contribution is -2.47. The van der Waals surface area contributed by atoms with E-state index in [1.54, 1.807) is 24.3 Å². The summed E-state index contributed by atoms with van der Waals surface area (Å²) in [6, 6.07) is 18.3. The summed E-state index contributed by atoms with van der Waals surface area (Å²) in [5.74, 6) is 0. The van der Waals surface area contributed by atoms with E-state index >= 15 is 0 Å². The van der Waals surface area contributed by atoms with Crippen molar-refractivity contribution in [3.05, 3.63) is 60.7 Å². The molecule has 2 aromatic rings. The molecule has 1 saturated heterocycles. The van der Waals surface area contributed by atoms with Crippen molar-refractivity contribution in [1.29, 1.82) is 0 Å². The average molecular weight is 318 g/mol. The molecule has 0 bridgehead atoms. The van der Waals surface area contributed by atoms with Crippen LogP contribution in [-0.2, 0) is 14.9 Å². The summed E-state index contributed by atoms with van der Waals surface area (Å²) in [4.78, 5) is 0. The molecular formula is C16H18N2O3S. The monoisotopic (exact) mass is 318 g/mol. The standard InChI is InChI=1S/C16H18N2O3S/c19-22(20,17-11-13-21-14-12-17)18(15-7-3-1-4-8-15)16-9-5-2-6-10-16/h1-10H,11-14H2. The van der Waals surface area contributed by atoms with Crippen LogP contribution in [0.25, 0.3) is 0 Å². The van der Waals surface area contributed by atoms with Gasteiger partial charge in [0.15, 0.2) is 0 Å². The van der Waals surface area contributed by atoms with Gasteiger partial charge in [0.2, 0.25) is 0 Å². The predicted octanol–water partition coefficient (Wildman–Crippen LogP) is 2.40. The highest BCUT2D eigenvalue weighted by Crippen LogP contribution is 2.30. The molecule has 0 spiro atoms. The Bertz CT molecular complexity index is 659. The molecule has 0 aliphatic carbocycles. The maximum absolute atomic E-state index is 13.1. The van der Waals surface area contributed by atoms with Crippen LogP contribution in [-0.4, -0.2) is 39.0 Å². The van der Waals surface area contributed by atoms with Crippen molar-refractivity contribution in [2.75, 3.05) is 30.6 Å². The largest absolute Gasteiger partial charge is 0.379 e. The highest BCUT2D eigenvalue weighted by molar-refractivity contribution is 7.90. The first-order chi connectivity index (χ1) is 10.7. The molecule has 0 aromatic heterocycles. The molecule has 0 unspecified atom stereocenters. The zero-order chi connectivity index (χ0) is 15.4. The molecule has 1 fully saturated rings. The van der Waals surface area contributed by atoms with Crippen LogP contribution in [0.15, 0.2) is 60.7 Å². The molecule has 22 heavy (non-hydrogen) atoms. The first-order valence-corrected chi connectivity index (χ1v) is 8.57. The van der Waals surface area contributed by atoms with Gasteiger partial charge in [0, 0.05) is 13.1 Å². The maximum Gasteiger partial charge on any atom is 0.308 e. The van der Waals surface area contributed by atoms with E-state index in [1.165, 1.54) is 8.61 Å². The van der Waals surface area contributed by atoms with Gasteiger partial charge in [-0.05, 0) is 24.3 Å². The van der Waals surface area contributed by atoms with Crippen molar-refractivity contribution in [2.24, 2.45) is 0 Å². The molecule has 2 aromatic carbocycles. The Morgan fingerprint density at radius 2 is 1.27 bits per heavy atom. The van der Waals surface area contributed by atoms with Gasteiger partial charge in [-0.1, -0.05) is 36.4 Å². The first-order valence-electron chi connectivity index (χ1n) is 7.18. The maximum atomic E-state index is 13.1. The number of para-hydroxylation sites is 2. The quantitative estimate of drug-likeness (QED) is 0.870. The predicted molar refractivity (Wildman–Crippen MR) is 86.3 cm³/mol. The number of ether oxygens (including phenoxy) is 1. The van der Waals surface area contributed by atoms with Gasteiger partial charge in [-0.2, -0.15) is 12.7 Å². The van der Waals surface area contributed by atoms with Crippen LogP contribution in [0.5, 0.6) is 0 Å². The molecule has 116 valence electrons. The zero-order valence-electron chi connectivity index (χ0n) is 12.1. The van der Waals surface area contributed by atoms with Crippen LogP contribution in [0.1, 0.15) is 0 Å². The van der Waals surface area contributed by atoms with Crippen LogP contribution in [0.2, 0.25) is 0 Å². The summed E-state index contributed by atoms with van der Waals surface area (Å²) >= 11 is 0. The second-order valence-corrected chi connectivity index (χ2v) is 6.73. The van der Waals surface area contributed by atoms with E-state index in [0.717, 1.165) is 0 Å². The van der Waals surface area contributed by atoms with Crippen molar-refractivity contribution in [1.82, 2.24) is 4.31 Å². The number of morpholine rings is 1. The molecule has 1 aliphatic rings. The normalized spacial score (nSPS) is 16.4. The number of benzene rings is 2. The molecule has 0 atom stereocenters. The number of hydrogen-bond donors (Lipinski definition) is 0. The molecule has 0 radical (unpaired) electrons. The average Bonchev–Trinajstić information content (AvgIpc) is 2.58. The van der Waals surface area contributed by atoms with E-state index < -0.39 is 10.2 Å². The lowest BCUT2D eigenvalue weighted by atomic mass is 10.3. The lowest BCUT2D eigenvalue weighted by molar-refractivity contribution is 0.0730. The second-order valence-electron chi connectivity index (χ2n) is 4.95. The Balaban J connectivity index is 2.05. The number of nitrogens with zero attached hydrogens (tertiary/aromatic N) is 2. The molecule has 3 rings (SSSR count). The third kappa shape index (κ3) is 2.99. The number of rotatable bonds is 4. The summed E-state index contributed by atoms with van der Waals surface area (Å²) in [5.41, 5.74) is 1.25. The highest BCUT2D eigenvalue weighted by atomic mass is 32.2. The molecular weight excluding hydrogens is 300 g/mol. The van der Waals surface area contributed by atoms with E-state index in [0.29, 0.717) is 37.7 Å². The van der Waals surface area contributed by atoms with Gasteiger partial charge in [0.25, 0.3) is 0 Å². The minimum Gasteiger partial charge on any atom is -0.379 e. The summed E-state index contributed by atoms with van der Waals surface area (Å²) in [5, 5.41) is 0. The van der Waals surface area contributed by atoms with Crippen LogP contribution < -0.4 is 4.31 Å². The molecule has 1 aliphatic heterocycles. The molecule has 0 N–H and O–H groups in total. The Labute approximate surface area is 130 Å². The third-order valence-electron chi connectivity index (χ3n) is 3.51. The number of hydrogen-bond acceptors (Lipinski definition) is 3. The minimum absolute atomic E-state index is 0.374. The van der Waals surface area contributed by atoms with Crippen LogP contribution in [0, 0.1) is 0 Å². The fourth-order valence-corrected chi connectivity index (χ4v) is 4.05.